The van der Waals surface area contributed by atoms with E-state index in [1.54, 1.807) is 18.3 Å². The molecule has 2 aromatic carbocycles. The Balaban J connectivity index is 1.46. The lowest BCUT2D eigenvalue weighted by atomic mass is 9.82. The average Bonchev–Trinajstić information content (AvgIpc) is 3.27. The Morgan fingerprint density at radius 1 is 1.08 bits per heavy atom. The number of sulfonamides is 1. The maximum atomic E-state index is 12.4. The first-order valence-electron chi connectivity index (χ1n) is 12.2. The molecule has 1 fully saturated rings. The molecule has 1 aliphatic heterocycles. The molecule has 3 heterocycles. The molecule has 3 N–H and O–H groups in total. The smallest absolute Gasteiger partial charge is 0.238 e. The van der Waals surface area contributed by atoms with E-state index in [1.165, 1.54) is 16.9 Å². The first-order valence-corrected chi connectivity index (χ1v) is 14.6. The highest BCUT2D eigenvalue weighted by Gasteiger charge is 2.28. The summed E-state index contributed by atoms with van der Waals surface area (Å²) in [7, 11) is -3.90. The largest absolute Gasteiger partial charge is 0.379 e. The Kier molecular flexibility index (Phi) is 7.03. The molecule has 0 radical (unpaired) electrons. The maximum absolute atomic E-state index is 12.4. The number of fused-ring (bicyclic) bond motifs is 1. The highest BCUT2D eigenvalue weighted by molar-refractivity contribution is 7.89. The van der Waals surface area contributed by atoms with Gasteiger partial charge in [0.1, 0.15) is 0 Å². The fraction of sp³-hybridized carbons (Fsp3) is 0.333. The van der Waals surface area contributed by atoms with Crippen molar-refractivity contribution in [2.75, 3.05) is 31.6 Å². The summed E-state index contributed by atoms with van der Waals surface area (Å²) < 4.78 is 31.2. The number of rotatable bonds is 6. The first kappa shape index (κ1) is 25.7. The molecular formula is C27H31N5O3S2. The van der Waals surface area contributed by atoms with Crippen molar-refractivity contribution < 1.29 is 13.2 Å². The van der Waals surface area contributed by atoms with Crippen LogP contribution in [0.25, 0.3) is 21.3 Å². The summed E-state index contributed by atoms with van der Waals surface area (Å²) >= 11 is 1.53. The molecule has 0 aliphatic carbocycles. The summed E-state index contributed by atoms with van der Waals surface area (Å²) in [4.78, 5) is 11.9. The second-order valence-electron chi connectivity index (χ2n) is 10.2. The number of nitrogens with two attached hydrogens (primary N) is 1. The van der Waals surface area contributed by atoms with E-state index in [0.29, 0.717) is 11.5 Å². The van der Waals surface area contributed by atoms with E-state index in [4.69, 9.17) is 14.9 Å². The second-order valence-corrected chi connectivity index (χ2v) is 12.7. The molecule has 8 nitrogen and oxygen atoms in total. The molecule has 0 bridgehead atoms. The average molecular weight is 538 g/mol. The van der Waals surface area contributed by atoms with Gasteiger partial charge in [0.25, 0.3) is 0 Å². The van der Waals surface area contributed by atoms with Gasteiger partial charge in [0.05, 0.1) is 34.5 Å². The van der Waals surface area contributed by atoms with Gasteiger partial charge in [-0.15, -0.1) is 11.3 Å². The second kappa shape index (κ2) is 10.1. The maximum Gasteiger partial charge on any atom is 0.238 e. The van der Waals surface area contributed by atoms with E-state index in [-0.39, 0.29) is 4.90 Å². The molecule has 1 aliphatic rings. The highest BCUT2D eigenvalue weighted by atomic mass is 32.2. The van der Waals surface area contributed by atoms with Crippen molar-refractivity contribution in [3.05, 3.63) is 65.2 Å². The molecule has 0 spiro atoms. The van der Waals surface area contributed by atoms with Crippen LogP contribution >= 0.6 is 11.3 Å². The number of aromatic nitrogens is 2. The van der Waals surface area contributed by atoms with Crippen LogP contribution in [0.5, 0.6) is 0 Å². The molecule has 0 saturated carbocycles. The zero-order chi connectivity index (χ0) is 26.2. The Morgan fingerprint density at radius 3 is 2.49 bits per heavy atom. The van der Waals surface area contributed by atoms with Crippen molar-refractivity contribution in [3.63, 3.8) is 0 Å². The van der Waals surface area contributed by atoms with Crippen LogP contribution in [0.1, 0.15) is 31.9 Å². The van der Waals surface area contributed by atoms with Gasteiger partial charge in [-0.2, -0.15) is 0 Å². The molecule has 0 atom stereocenters. The Bertz CT molecular complexity index is 1520. The number of hydrogen-bond donors (Lipinski definition) is 2. The van der Waals surface area contributed by atoms with E-state index >= 15 is 0 Å². The van der Waals surface area contributed by atoms with Crippen LogP contribution in [-0.2, 0) is 26.7 Å². The lowest BCUT2D eigenvalue weighted by Gasteiger charge is -2.26. The van der Waals surface area contributed by atoms with Crippen molar-refractivity contribution in [3.8, 4) is 11.1 Å². The Morgan fingerprint density at radius 2 is 1.81 bits per heavy atom. The summed E-state index contributed by atoms with van der Waals surface area (Å²) in [6.45, 7) is 10.3. The van der Waals surface area contributed by atoms with E-state index in [1.807, 2.05) is 44.4 Å². The van der Waals surface area contributed by atoms with Gasteiger partial charge in [-0.25, -0.2) is 23.5 Å². The number of anilines is 2. The first-order chi connectivity index (χ1) is 17.6. The minimum atomic E-state index is -3.90. The van der Waals surface area contributed by atoms with Crippen LogP contribution in [-0.4, -0.2) is 49.6 Å². The number of nitrogens with zero attached hydrogens (tertiary/aromatic N) is 3. The Hall–Kier alpha value is -2.89. The lowest BCUT2D eigenvalue weighted by Crippen LogP contribution is -2.35. The zero-order valence-corrected chi connectivity index (χ0v) is 22.8. The molecule has 10 heteroatoms. The van der Waals surface area contributed by atoms with Gasteiger partial charge < -0.3 is 10.1 Å². The van der Waals surface area contributed by atoms with Crippen molar-refractivity contribution in [2.45, 2.75) is 37.6 Å². The van der Waals surface area contributed by atoms with Gasteiger partial charge >= 0.3 is 0 Å². The lowest BCUT2D eigenvalue weighted by molar-refractivity contribution is 0.0342. The third-order valence-corrected chi connectivity index (χ3v) is 8.27. The van der Waals surface area contributed by atoms with Crippen molar-refractivity contribution in [2.24, 2.45) is 5.14 Å². The quantitative estimate of drug-likeness (QED) is 0.361. The van der Waals surface area contributed by atoms with Gasteiger partial charge in [0.2, 0.25) is 16.0 Å². The predicted molar refractivity (Wildman–Crippen MR) is 149 cm³/mol. The molecule has 37 heavy (non-hydrogen) atoms. The van der Waals surface area contributed by atoms with Crippen molar-refractivity contribution in [1.29, 1.82) is 0 Å². The summed E-state index contributed by atoms with van der Waals surface area (Å²) in [6, 6.07) is 13.5. The third-order valence-electron chi connectivity index (χ3n) is 6.41. The fourth-order valence-corrected chi connectivity index (χ4v) is 6.52. The standard InChI is InChI=1S/C27H31N5O3S2/c1-27(2,3)24-20(5-4-6-23(24)37(28,33)34)21-17-36-22-15-29-26(31-25(21)22)30-19-9-7-18(8-10-19)16-32-11-13-35-14-12-32/h4-10,15,17H,11-14,16H2,1-3H3,(H2,28,33,34)(H,29,30,31). The van der Waals surface area contributed by atoms with Crippen LogP contribution in [0.4, 0.5) is 11.6 Å². The number of ether oxygens (including phenoxy) is 1. The van der Waals surface area contributed by atoms with Gasteiger partial charge in [0.15, 0.2) is 0 Å². The normalized spacial score (nSPS) is 15.2. The predicted octanol–water partition coefficient (Wildman–Crippen LogP) is 4.88. The van der Waals surface area contributed by atoms with Gasteiger partial charge in [-0.3, -0.25) is 4.90 Å². The van der Waals surface area contributed by atoms with E-state index in [9.17, 15) is 8.42 Å². The number of primary sulfonamides is 1. The minimum Gasteiger partial charge on any atom is -0.379 e. The molecule has 0 unspecified atom stereocenters. The Labute approximate surface area is 221 Å². The molecule has 2 aromatic heterocycles. The van der Waals surface area contributed by atoms with Gasteiger partial charge in [-0.1, -0.05) is 45.0 Å². The molecule has 4 aromatic rings. The minimum absolute atomic E-state index is 0.140. The molecule has 5 rings (SSSR count). The third kappa shape index (κ3) is 5.68. The highest BCUT2D eigenvalue weighted by Crippen LogP contribution is 2.41. The van der Waals surface area contributed by atoms with Crippen molar-refractivity contribution in [1.82, 2.24) is 14.9 Å². The number of benzene rings is 2. The number of thiophene rings is 1. The van der Waals surface area contributed by atoms with Crippen LogP contribution < -0.4 is 10.5 Å². The topological polar surface area (TPSA) is 110 Å². The summed E-state index contributed by atoms with van der Waals surface area (Å²) in [5, 5.41) is 10.9. The van der Waals surface area contributed by atoms with Crippen LogP contribution in [0.2, 0.25) is 0 Å². The van der Waals surface area contributed by atoms with E-state index in [0.717, 1.165) is 59.9 Å². The molecule has 1 saturated heterocycles. The fourth-order valence-electron chi connectivity index (χ4n) is 4.69. The number of hydrogen-bond acceptors (Lipinski definition) is 8. The number of nitrogens with one attached hydrogen (secondary N) is 1. The molecular weight excluding hydrogens is 506 g/mol. The van der Waals surface area contributed by atoms with Gasteiger partial charge in [0, 0.05) is 36.3 Å². The zero-order valence-electron chi connectivity index (χ0n) is 21.2. The monoisotopic (exact) mass is 537 g/mol. The molecule has 0 amide bonds. The van der Waals surface area contributed by atoms with Crippen LogP contribution in [0, 0.1) is 0 Å². The summed E-state index contributed by atoms with van der Waals surface area (Å²) in [5.41, 5.74) is 4.81. The summed E-state index contributed by atoms with van der Waals surface area (Å²) in [5.74, 6) is 0.480. The SMILES string of the molecule is CC(C)(C)c1c(-c2csc3cnc(Nc4ccc(CN5CCOCC5)cc4)nc23)cccc1S(N)(=O)=O. The van der Waals surface area contributed by atoms with Crippen molar-refractivity contribution >= 4 is 43.2 Å². The van der Waals surface area contributed by atoms with E-state index in [2.05, 4.69) is 27.3 Å². The van der Waals surface area contributed by atoms with Crippen LogP contribution in [0.3, 0.4) is 0 Å². The number of morpholine rings is 1. The molecule has 194 valence electrons. The summed E-state index contributed by atoms with van der Waals surface area (Å²) in [6.07, 6.45) is 1.80. The van der Waals surface area contributed by atoms with Gasteiger partial charge in [-0.05, 0) is 40.3 Å². The van der Waals surface area contributed by atoms with Crippen LogP contribution in [0.15, 0.2) is 58.9 Å². The van der Waals surface area contributed by atoms with E-state index < -0.39 is 15.4 Å².